The highest BCUT2D eigenvalue weighted by Crippen LogP contribution is 2.23. The summed E-state index contributed by atoms with van der Waals surface area (Å²) in [6, 6.07) is 11.3. The number of nitrogen functional groups attached to an aromatic ring is 1. The first kappa shape index (κ1) is 11.4. The number of nitrogens with one attached hydrogen (secondary N) is 1. The number of hydrogen-bond acceptors (Lipinski definition) is 6. The molecular formula is C13H11N5O. The monoisotopic (exact) mass is 253 g/mol. The number of hydrogen-bond donors (Lipinski definition) is 2. The number of ether oxygens (including phenoxy) is 1. The zero-order chi connectivity index (χ0) is 13.1. The molecule has 0 atom stereocenters. The van der Waals surface area contributed by atoms with E-state index in [0.29, 0.717) is 17.4 Å². The number of nitrogens with zero attached hydrogens (tertiary/aromatic N) is 3. The second kappa shape index (κ2) is 4.87. The fourth-order valence-electron chi connectivity index (χ4n) is 1.70. The second-order valence-electron chi connectivity index (χ2n) is 3.85. The van der Waals surface area contributed by atoms with E-state index in [2.05, 4.69) is 20.4 Å². The first-order valence-electron chi connectivity index (χ1n) is 5.66. The van der Waals surface area contributed by atoms with Gasteiger partial charge in [-0.1, -0.05) is 18.2 Å². The smallest absolute Gasteiger partial charge is 0.224 e. The van der Waals surface area contributed by atoms with E-state index in [0.717, 1.165) is 10.9 Å². The van der Waals surface area contributed by atoms with Gasteiger partial charge in [0.05, 0.1) is 11.7 Å². The van der Waals surface area contributed by atoms with Crippen LogP contribution in [0, 0.1) is 0 Å². The number of pyridine rings is 1. The third-order valence-corrected chi connectivity index (χ3v) is 2.58. The van der Waals surface area contributed by atoms with Crippen LogP contribution in [0.15, 0.2) is 48.9 Å². The van der Waals surface area contributed by atoms with Gasteiger partial charge >= 0.3 is 0 Å². The summed E-state index contributed by atoms with van der Waals surface area (Å²) in [5.41, 5.74) is 3.35. The predicted octanol–water partition coefficient (Wildman–Crippen LogP) is 2.10. The standard InChI is InChI=1S/C13H11N5O/c14-18-12-6-13(17-8-16-12)19-10-5-9-3-1-2-4-11(9)15-7-10/h1-8H,14H2,(H,16,17,18). The van der Waals surface area contributed by atoms with Crippen molar-refractivity contribution in [2.24, 2.45) is 5.84 Å². The highest BCUT2D eigenvalue weighted by atomic mass is 16.5. The van der Waals surface area contributed by atoms with Crippen LogP contribution in [-0.2, 0) is 0 Å². The lowest BCUT2D eigenvalue weighted by Gasteiger charge is -2.06. The Morgan fingerprint density at radius 3 is 2.84 bits per heavy atom. The average Bonchev–Trinajstić information content (AvgIpc) is 2.47. The molecule has 0 unspecified atom stereocenters. The highest BCUT2D eigenvalue weighted by Gasteiger charge is 2.02. The number of aromatic nitrogens is 3. The van der Waals surface area contributed by atoms with Crippen LogP contribution in [0.3, 0.4) is 0 Å². The van der Waals surface area contributed by atoms with Gasteiger partial charge in [0.2, 0.25) is 5.88 Å². The molecule has 0 bridgehead atoms. The van der Waals surface area contributed by atoms with Gasteiger partial charge < -0.3 is 10.2 Å². The zero-order valence-corrected chi connectivity index (χ0v) is 9.95. The number of anilines is 1. The van der Waals surface area contributed by atoms with Crippen molar-refractivity contribution in [1.82, 2.24) is 15.0 Å². The maximum Gasteiger partial charge on any atom is 0.224 e. The molecule has 0 saturated heterocycles. The van der Waals surface area contributed by atoms with Crippen LogP contribution in [-0.4, -0.2) is 15.0 Å². The van der Waals surface area contributed by atoms with Crippen LogP contribution in [0.25, 0.3) is 10.9 Å². The Morgan fingerprint density at radius 2 is 1.95 bits per heavy atom. The van der Waals surface area contributed by atoms with E-state index in [4.69, 9.17) is 10.6 Å². The molecule has 0 fully saturated rings. The van der Waals surface area contributed by atoms with Crippen molar-refractivity contribution in [1.29, 1.82) is 0 Å². The van der Waals surface area contributed by atoms with Crippen molar-refractivity contribution in [2.75, 3.05) is 5.43 Å². The van der Waals surface area contributed by atoms with Gasteiger partial charge in [0.1, 0.15) is 17.9 Å². The van der Waals surface area contributed by atoms with Gasteiger partial charge in [0, 0.05) is 11.5 Å². The molecule has 3 aromatic rings. The van der Waals surface area contributed by atoms with Crippen molar-refractivity contribution < 1.29 is 4.74 Å². The third kappa shape index (κ3) is 2.43. The topological polar surface area (TPSA) is 86.0 Å². The summed E-state index contributed by atoms with van der Waals surface area (Å²) >= 11 is 0. The van der Waals surface area contributed by atoms with E-state index in [9.17, 15) is 0 Å². The van der Waals surface area contributed by atoms with Gasteiger partial charge in [-0.15, -0.1) is 0 Å². The fourth-order valence-corrected chi connectivity index (χ4v) is 1.70. The summed E-state index contributed by atoms with van der Waals surface area (Å²) in [5.74, 6) is 6.78. The normalized spacial score (nSPS) is 10.4. The number of para-hydroxylation sites is 1. The van der Waals surface area contributed by atoms with E-state index in [1.54, 1.807) is 12.3 Å². The quantitative estimate of drug-likeness (QED) is 0.549. The number of rotatable bonds is 3. The molecule has 0 spiro atoms. The molecule has 6 heteroatoms. The van der Waals surface area contributed by atoms with Crippen LogP contribution in [0.1, 0.15) is 0 Å². The molecule has 1 aromatic carbocycles. The van der Waals surface area contributed by atoms with Gasteiger partial charge in [-0.25, -0.2) is 15.8 Å². The van der Waals surface area contributed by atoms with E-state index in [1.165, 1.54) is 6.33 Å². The van der Waals surface area contributed by atoms with Gasteiger partial charge in [0.25, 0.3) is 0 Å². The Morgan fingerprint density at radius 1 is 1.05 bits per heavy atom. The summed E-state index contributed by atoms with van der Waals surface area (Å²) in [4.78, 5) is 12.2. The van der Waals surface area contributed by atoms with Crippen molar-refractivity contribution in [2.45, 2.75) is 0 Å². The number of fused-ring (bicyclic) bond motifs is 1. The maximum atomic E-state index is 5.62. The van der Waals surface area contributed by atoms with E-state index >= 15 is 0 Å². The van der Waals surface area contributed by atoms with E-state index in [-0.39, 0.29) is 0 Å². The summed E-state index contributed by atoms with van der Waals surface area (Å²) in [5, 5.41) is 1.01. The summed E-state index contributed by atoms with van der Waals surface area (Å²) in [6.07, 6.45) is 3.03. The molecule has 0 aliphatic carbocycles. The van der Waals surface area contributed by atoms with Crippen LogP contribution >= 0.6 is 0 Å². The Hall–Kier alpha value is -2.73. The molecule has 3 N–H and O–H groups in total. The van der Waals surface area contributed by atoms with E-state index < -0.39 is 0 Å². The molecule has 0 aliphatic heterocycles. The summed E-state index contributed by atoms with van der Waals surface area (Å²) in [7, 11) is 0. The Labute approximate surface area is 109 Å². The molecule has 2 heterocycles. The molecule has 3 rings (SSSR count). The molecular weight excluding hydrogens is 242 g/mol. The number of benzene rings is 1. The van der Waals surface area contributed by atoms with Crippen molar-refractivity contribution in [3.05, 3.63) is 48.9 Å². The minimum absolute atomic E-state index is 0.403. The third-order valence-electron chi connectivity index (χ3n) is 2.58. The number of nitrogens with two attached hydrogens (primary N) is 1. The van der Waals surface area contributed by atoms with Crippen LogP contribution in [0.4, 0.5) is 5.82 Å². The molecule has 0 aliphatic rings. The summed E-state index contributed by atoms with van der Waals surface area (Å²) in [6.45, 7) is 0. The largest absolute Gasteiger partial charge is 0.437 e. The van der Waals surface area contributed by atoms with Gasteiger partial charge in [-0.2, -0.15) is 0 Å². The molecule has 0 amide bonds. The Bertz CT molecular complexity index is 716. The lowest BCUT2D eigenvalue weighted by atomic mass is 10.2. The van der Waals surface area contributed by atoms with Gasteiger partial charge in [-0.05, 0) is 12.1 Å². The van der Waals surface area contributed by atoms with E-state index in [1.807, 2.05) is 30.3 Å². The second-order valence-corrected chi connectivity index (χ2v) is 3.85. The predicted molar refractivity (Wildman–Crippen MR) is 71.7 cm³/mol. The maximum absolute atomic E-state index is 5.62. The Balaban J connectivity index is 1.92. The van der Waals surface area contributed by atoms with Crippen molar-refractivity contribution in [3.63, 3.8) is 0 Å². The first-order chi connectivity index (χ1) is 9.35. The lowest BCUT2D eigenvalue weighted by Crippen LogP contribution is -2.08. The van der Waals surface area contributed by atoms with Crippen molar-refractivity contribution >= 4 is 16.7 Å². The first-order valence-corrected chi connectivity index (χ1v) is 5.66. The fraction of sp³-hybridized carbons (Fsp3) is 0. The van der Waals surface area contributed by atoms with Crippen molar-refractivity contribution in [3.8, 4) is 11.6 Å². The molecule has 0 radical (unpaired) electrons. The Kier molecular flexibility index (Phi) is 2.91. The van der Waals surface area contributed by atoms with Crippen LogP contribution < -0.4 is 16.0 Å². The highest BCUT2D eigenvalue weighted by molar-refractivity contribution is 5.79. The minimum atomic E-state index is 0.403. The lowest BCUT2D eigenvalue weighted by molar-refractivity contribution is 0.460. The molecule has 2 aromatic heterocycles. The molecule has 94 valence electrons. The summed E-state index contributed by atoms with van der Waals surface area (Å²) < 4.78 is 5.62. The average molecular weight is 253 g/mol. The van der Waals surface area contributed by atoms with Gasteiger partial charge in [-0.3, -0.25) is 4.98 Å². The minimum Gasteiger partial charge on any atom is -0.437 e. The molecule has 19 heavy (non-hydrogen) atoms. The molecule has 0 saturated carbocycles. The van der Waals surface area contributed by atoms with Crippen LogP contribution in [0.5, 0.6) is 11.6 Å². The van der Waals surface area contributed by atoms with Gasteiger partial charge in [0.15, 0.2) is 0 Å². The SMILES string of the molecule is NNc1cc(Oc2cnc3ccccc3c2)ncn1. The van der Waals surface area contributed by atoms with Crippen LogP contribution in [0.2, 0.25) is 0 Å². The number of hydrazine groups is 1. The zero-order valence-electron chi connectivity index (χ0n) is 9.95. The molecule has 6 nitrogen and oxygen atoms in total.